The van der Waals surface area contributed by atoms with Gasteiger partial charge < -0.3 is 9.84 Å². The first-order valence-electron chi connectivity index (χ1n) is 5.48. The van der Waals surface area contributed by atoms with Crippen LogP contribution < -0.4 is 0 Å². The van der Waals surface area contributed by atoms with Gasteiger partial charge in [-0.1, -0.05) is 0 Å². The lowest BCUT2D eigenvalue weighted by Crippen LogP contribution is -2.49. The van der Waals surface area contributed by atoms with E-state index in [-0.39, 0.29) is 17.1 Å². The number of hydrogen-bond donors (Lipinski definition) is 1. The number of ether oxygens (including phenoxy) is 1. The van der Waals surface area contributed by atoms with Crippen LogP contribution in [0.25, 0.3) is 0 Å². The van der Waals surface area contributed by atoms with E-state index >= 15 is 0 Å². The Morgan fingerprint density at radius 3 is 2.77 bits per heavy atom. The molecule has 0 amide bonds. The molecule has 3 fully saturated rings. The number of methoxy groups -OCH3 is 1. The fourth-order valence-corrected chi connectivity index (χ4v) is 4.21. The van der Waals surface area contributed by atoms with E-state index in [1.54, 1.807) is 0 Å². The molecule has 3 saturated carbocycles. The zero-order valence-corrected chi connectivity index (χ0v) is 8.25. The van der Waals surface area contributed by atoms with Crippen LogP contribution in [0.2, 0.25) is 0 Å². The van der Waals surface area contributed by atoms with Gasteiger partial charge in [-0.2, -0.15) is 0 Å². The van der Waals surface area contributed by atoms with Gasteiger partial charge in [0.1, 0.15) is 0 Å². The fourth-order valence-electron chi connectivity index (χ4n) is 4.21. The monoisotopic (exact) mass is 182 g/mol. The molecule has 13 heavy (non-hydrogen) atoms. The first-order chi connectivity index (χ1) is 6.25. The number of aliphatic hydroxyl groups is 1. The molecule has 0 bridgehead atoms. The molecule has 2 nitrogen and oxygen atoms in total. The van der Waals surface area contributed by atoms with Gasteiger partial charge in [-0.05, 0) is 44.4 Å². The van der Waals surface area contributed by atoms with Gasteiger partial charge in [0.05, 0.1) is 11.7 Å². The average molecular weight is 182 g/mol. The van der Waals surface area contributed by atoms with Gasteiger partial charge in [0.2, 0.25) is 0 Å². The van der Waals surface area contributed by atoms with E-state index in [9.17, 15) is 5.11 Å². The molecule has 0 aromatic rings. The lowest BCUT2D eigenvalue weighted by Gasteiger charge is -2.44. The molecule has 4 atom stereocenters. The van der Waals surface area contributed by atoms with Gasteiger partial charge in [0, 0.05) is 12.5 Å². The summed E-state index contributed by atoms with van der Waals surface area (Å²) in [6.07, 6.45) is 6.94. The second-order valence-electron chi connectivity index (χ2n) is 5.09. The molecular formula is C11H18O2. The molecule has 4 unspecified atom stereocenters. The van der Waals surface area contributed by atoms with Crippen molar-refractivity contribution in [1.82, 2.24) is 0 Å². The molecule has 1 spiro atoms. The van der Waals surface area contributed by atoms with Crippen LogP contribution in [0.5, 0.6) is 0 Å². The van der Waals surface area contributed by atoms with E-state index in [1.807, 2.05) is 7.11 Å². The zero-order chi connectivity index (χ0) is 9.10. The highest BCUT2D eigenvalue weighted by Crippen LogP contribution is 2.74. The maximum atomic E-state index is 10.1. The molecule has 0 aromatic heterocycles. The summed E-state index contributed by atoms with van der Waals surface area (Å²) >= 11 is 0. The highest BCUT2D eigenvalue weighted by atomic mass is 16.5. The van der Waals surface area contributed by atoms with Crippen LogP contribution in [0.3, 0.4) is 0 Å². The molecule has 74 valence electrons. The lowest BCUT2D eigenvalue weighted by atomic mass is 9.71. The van der Waals surface area contributed by atoms with E-state index in [2.05, 4.69) is 0 Å². The third-order valence-corrected chi connectivity index (χ3v) is 4.94. The summed E-state index contributed by atoms with van der Waals surface area (Å²) in [5.41, 5.74) is 0.259. The number of aliphatic hydroxyl groups excluding tert-OH is 1. The van der Waals surface area contributed by atoms with Crippen molar-refractivity contribution >= 4 is 0 Å². The van der Waals surface area contributed by atoms with E-state index < -0.39 is 0 Å². The smallest absolute Gasteiger partial charge is 0.0762 e. The standard InChI is InChI=1S/C11H18O2/c1-13-10-5-2-3-9(12)11(10)7-8(11)4-6-10/h8-9,12H,2-7H2,1H3. The first-order valence-corrected chi connectivity index (χ1v) is 5.48. The van der Waals surface area contributed by atoms with Crippen LogP contribution in [0.15, 0.2) is 0 Å². The van der Waals surface area contributed by atoms with Gasteiger partial charge in [-0.25, -0.2) is 0 Å². The van der Waals surface area contributed by atoms with Crippen molar-refractivity contribution in [2.75, 3.05) is 7.11 Å². The largest absolute Gasteiger partial charge is 0.392 e. The van der Waals surface area contributed by atoms with Crippen molar-refractivity contribution in [3.8, 4) is 0 Å². The molecule has 0 aromatic carbocycles. The van der Waals surface area contributed by atoms with Gasteiger partial charge >= 0.3 is 0 Å². The Bertz CT molecular complexity index is 238. The number of rotatable bonds is 1. The Morgan fingerprint density at radius 1 is 1.31 bits per heavy atom. The van der Waals surface area contributed by atoms with E-state index in [4.69, 9.17) is 4.74 Å². The Kier molecular flexibility index (Phi) is 1.45. The van der Waals surface area contributed by atoms with Crippen LogP contribution in [-0.2, 0) is 4.74 Å². The molecule has 2 heteroatoms. The summed E-state index contributed by atoms with van der Waals surface area (Å²) in [6.45, 7) is 0. The maximum absolute atomic E-state index is 10.1. The van der Waals surface area contributed by atoms with Crippen molar-refractivity contribution in [1.29, 1.82) is 0 Å². The summed E-state index contributed by atoms with van der Waals surface area (Å²) in [6, 6.07) is 0. The van der Waals surface area contributed by atoms with Crippen LogP contribution in [-0.4, -0.2) is 23.9 Å². The van der Waals surface area contributed by atoms with E-state index in [1.165, 1.54) is 25.7 Å². The Morgan fingerprint density at radius 2 is 2.15 bits per heavy atom. The van der Waals surface area contributed by atoms with Gasteiger partial charge in [-0.3, -0.25) is 0 Å². The van der Waals surface area contributed by atoms with Crippen molar-refractivity contribution in [3.63, 3.8) is 0 Å². The fraction of sp³-hybridized carbons (Fsp3) is 1.00. The predicted octanol–water partition coefficient (Wildman–Crippen LogP) is 1.72. The summed E-state index contributed by atoms with van der Waals surface area (Å²) < 4.78 is 5.76. The molecule has 0 aliphatic heterocycles. The highest BCUT2D eigenvalue weighted by molar-refractivity contribution is 5.24. The van der Waals surface area contributed by atoms with Crippen molar-refractivity contribution < 1.29 is 9.84 Å². The predicted molar refractivity (Wildman–Crippen MR) is 49.4 cm³/mol. The molecule has 3 aliphatic rings. The summed E-state index contributed by atoms with van der Waals surface area (Å²) in [5.74, 6) is 0.780. The molecular weight excluding hydrogens is 164 g/mol. The summed E-state index contributed by atoms with van der Waals surface area (Å²) in [7, 11) is 1.83. The second kappa shape index (κ2) is 2.29. The summed E-state index contributed by atoms with van der Waals surface area (Å²) in [5, 5.41) is 10.1. The van der Waals surface area contributed by atoms with Gasteiger partial charge in [0.25, 0.3) is 0 Å². The minimum absolute atomic E-state index is 0.0648. The molecule has 3 rings (SSSR count). The average Bonchev–Trinajstić information content (AvgIpc) is 2.79. The normalized spacial score (nSPS) is 58.6. The number of hydrogen-bond acceptors (Lipinski definition) is 2. The highest BCUT2D eigenvalue weighted by Gasteiger charge is 2.74. The minimum Gasteiger partial charge on any atom is -0.392 e. The minimum atomic E-state index is -0.0753. The van der Waals surface area contributed by atoms with E-state index in [0.717, 1.165) is 18.8 Å². The SMILES string of the molecule is COC12CCCC(O)C13CC3CC2. The van der Waals surface area contributed by atoms with E-state index in [0.29, 0.717) is 0 Å². The van der Waals surface area contributed by atoms with Crippen molar-refractivity contribution in [2.45, 2.75) is 50.2 Å². The van der Waals surface area contributed by atoms with Gasteiger partial charge in [0.15, 0.2) is 0 Å². The van der Waals surface area contributed by atoms with Crippen LogP contribution in [0.1, 0.15) is 38.5 Å². The summed E-state index contributed by atoms with van der Waals surface area (Å²) in [4.78, 5) is 0. The van der Waals surface area contributed by atoms with Crippen molar-refractivity contribution in [3.05, 3.63) is 0 Å². The molecule has 0 heterocycles. The quantitative estimate of drug-likeness (QED) is 0.669. The zero-order valence-electron chi connectivity index (χ0n) is 8.25. The van der Waals surface area contributed by atoms with Crippen molar-refractivity contribution in [2.24, 2.45) is 11.3 Å². The molecule has 1 N–H and O–H groups in total. The first kappa shape index (κ1) is 8.25. The van der Waals surface area contributed by atoms with Crippen LogP contribution in [0.4, 0.5) is 0 Å². The Labute approximate surface area is 79.3 Å². The third kappa shape index (κ3) is 0.736. The molecule has 0 radical (unpaired) electrons. The van der Waals surface area contributed by atoms with Crippen LogP contribution in [0, 0.1) is 11.3 Å². The van der Waals surface area contributed by atoms with Gasteiger partial charge in [-0.15, -0.1) is 0 Å². The Hall–Kier alpha value is -0.0800. The maximum Gasteiger partial charge on any atom is 0.0762 e. The Balaban J connectivity index is 1.99. The molecule has 0 saturated heterocycles. The third-order valence-electron chi connectivity index (χ3n) is 4.94. The van der Waals surface area contributed by atoms with Crippen LogP contribution >= 0.6 is 0 Å². The topological polar surface area (TPSA) is 29.5 Å². The second-order valence-corrected chi connectivity index (χ2v) is 5.09. The lowest BCUT2D eigenvalue weighted by molar-refractivity contribution is -0.134. The molecule has 3 aliphatic carbocycles.